The lowest BCUT2D eigenvalue weighted by molar-refractivity contribution is 0.0693. The first-order chi connectivity index (χ1) is 11.3. The van der Waals surface area contributed by atoms with Gasteiger partial charge in [-0.15, -0.1) is 0 Å². The number of ether oxygens (including phenoxy) is 1. The fraction of sp³-hybridized carbons (Fsp3) is 0.316. The Labute approximate surface area is 142 Å². The van der Waals surface area contributed by atoms with Crippen molar-refractivity contribution in [1.82, 2.24) is 4.90 Å². The average Bonchev–Trinajstić information content (AvgIpc) is 3.06. The monoisotopic (exact) mass is 324 g/mol. The lowest BCUT2D eigenvalue weighted by Crippen LogP contribution is -2.40. The minimum atomic E-state index is 0.768. The molecule has 0 unspecified atom stereocenters. The van der Waals surface area contributed by atoms with Crippen LogP contribution in [0.5, 0.6) is 0 Å². The van der Waals surface area contributed by atoms with Gasteiger partial charge in [0.1, 0.15) is 4.99 Å². The summed E-state index contributed by atoms with van der Waals surface area (Å²) in [7, 11) is 0. The highest BCUT2D eigenvalue weighted by Gasteiger charge is 2.19. The predicted octanol–water partition coefficient (Wildman–Crippen LogP) is 3.21. The van der Waals surface area contributed by atoms with E-state index < -0.39 is 0 Å². The minimum absolute atomic E-state index is 0.768. The molecular formula is C19H20N2OS. The number of morpholine rings is 1. The summed E-state index contributed by atoms with van der Waals surface area (Å²) in [6.07, 6.45) is 0. The number of hydrogen-bond donors (Lipinski definition) is 0. The Morgan fingerprint density at radius 2 is 1.48 bits per heavy atom. The molecule has 4 heteroatoms. The van der Waals surface area contributed by atoms with E-state index in [4.69, 9.17) is 17.0 Å². The molecule has 0 bridgehead atoms. The molecule has 0 aromatic heterocycles. The molecule has 0 aliphatic carbocycles. The molecule has 23 heavy (non-hydrogen) atoms. The highest BCUT2D eigenvalue weighted by atomic mass is 32.1. The summed E-state index contributed by atoms with van der Waals surface area (Å²) < 4.78 is 5.40. The van der Waals surface area contributed by atoms with Gasteiger partial charge in [-0.2, -0.15) is 0 Å². The molecule has 1 fully saturated rings. The lowest BCUT2D eigenvalue weighted by Gasteiger charge is -2.29. The van der Waals surface area contributed by atoms with E-state index in [9.17, 15) is 0 Å². The molecule has 0 radical (unpaired) electrons. The number of rotatable bonds is 2. The Hall–Kier alpha value is -1.91. The van der Waals surface area contributed by atoms with Gasteiger partial charge in [-0.3, -0.25) is 0 Å². The summed E-state index contributed by atoms with van der Waals surface area (Å²) in [6, 6.07) is 17.3. The Morgan fingerprint density at radius 1 is 0.870 bits per heavy atom. The van der Waals surface area contributed by atoms with Crippen LogP contribution in [0.1, 0.15) is 16.7 Å². The summed E-state index contributed by atoms with van der Waals surface area (Å²) >= 11 is 5.63. The predicted molar refractivity (Wildman–Crippen MR) is 96.9 cm³/mol. The van der Waals surface area contributed by atoms with Crippen LogP contribution in [0.4, 0.5) is 5.69 Å². The fourth-order valence-electron chi connectivity index (χ4n) is 3.28. The Kier molecular flexibility index (Phi) is 4.02. The minimum Gasteiger partial charge on any atom is -0.378 e. The molecule has 2 heterocycles. The van der Waals surface area contributed by atoms with E-state index in [1.165, 1.54) is 16.8 Å². The normalized spacial score (nSPS) is 17.2. The number of thiocarbonyl (C=S) groups is 1. The first-order valence-corrected chi connectivity index (χ1v) is 8.51. The van der Waals surface area contributed by atoms with Crippen LogP contribution in [0.15, 0.2) is 48.5 Å². The molecule has 1 saturated heterocycles. The molecule has 2 aliphatic rings. The van der Waals surface area contributed by atoms with Crippen LogP contribution < -0.4 is 4.90 Å². The van der Waals surface area contributed by atoms with Crippen molar-refractivity contribution in [2.45, 2.75) is 13.1 Å². The average molecular weight is 324 g/mol. The van der Waals surface area contributed by atoms with Crippen molar-refractivity contribution in [2.75, 3.05) is 31.2 Å². The van der Waals surface area contributed by atoms with Gasteiger partial charge in [-0.1, -0.05) is 36.5 Å². The molecule has 0 spiro atoms. The van der Waals surface area contributed by atoms with Crippen molar-refractivity contribution < 1.29 is 4.74 Å². The molecule has 2 aromatic carbocycles. The standard InChI is InChI=1S/C19H20N2OS/c23-19(20-9-11-22-12-10-20)15-5-7-18(8-6-15)21-13-16-3-1-2-4-17(16)14-21/h1-8H,9-14H2. The van der Waals surface area contributed by atoms with Crippen molar-refractivity contribution >= 4 is 22.9 Å². The quantitative estimate of drug-likeness (QED) is 0.788. The zero-order valence-corrected chi connectivity index (χ0v) is 13.9. The summed E-state index contributed by atoms with van der Waals surface area (Å²) in [4.78, 5) is 5.58. The first-order valence-electron chi connectivity index (χ1n) is 8.10. The van der Waals surface area contributed by atoms with Crippen LogP contribution in [-0.4, -0.2) is 36.2 Å². The van der Waals surface area contributed by atoms with E-state index >= 15 is 0 Å². The van der Waals surface area contributed by atoms with Gasteiger partial charge < -0.3 is 14.5 Å². The third kappa shape index (κ3) is 2.96. The second-order valence-electron chi connectivity index (χ2n) is 6.08. The van der Waals surface area contributed by atoms with Gasteiger partial charge in [-0.05, 0) is 35.4 Å². The molecule has 2 aromatic rings. The fourth-order valence-corrected chi connectivity index (χ4v) is 3.60. The van der Waals surface area contributed by atoms with Crippen LogP contribution in [-0.2, 0) is 17.8 Å². The Bertz CT molecular complexity index is 683. The van der Waals surface area contributed by atoms with E-state index in [1.807, 2.05) is 0 Å². The number of anilines is 1. The number of nitrogens with zero attached hydrogens (tertiary/aromatic N) is 2. The van der Waals surface area contributed by atoms with Crippen molar-refractivity contribution in [3.63, 3.8) is 0 Å². The van der Waals surface area contributed by atoms with Gasteiger partial charge in [-0.25, -0.2) is 0 Å². The highest BCUT2D eigenvalue weighted by molar-refractivity contribution is 7.80. The Morgan fingerprint density at radius 3 is 2.09 bits per heavy atom. The second kappa shape index (κ2) is 6.30. The topological polar surface area (TPSA) is 15.7 Å². The largest absolute Gasteiger partial charge is 0.378 e. The van der Waals surface area contributed by atoms with E-state index in [0.717, 1.165) is 49.9 Å². The molecule has 118 valence electrons. The highest BCUT2D eigenvalue weighted by Crippen LogP contribution is 2.28. The maximum Gasteiger partial charge on any atom is 0.109 e. The third-order valence-electron chi connectivity index (χ3n) is 4.62. The second-order valence-corrected chi connectivity index (χ2v) is 6.46. The molecule has 3 nitrogen and oxygen atoms in total. The van der Waals surface area contributed by atoms with E-state index in [0.29, 0.717) is 0 Å². The van der Waals surface area contributed by atoms with Gasteiger partial charge in [0.05, 0.1) is 13.2 Å². The van der Waals surface area contributed by atoms with Gasteiger partial charge >= 0.3 is 0 Å². The van der Waals surface area contributed by atoms with E-state index in [2.05, 4.69) is 58.3 Å². The van der Waals surface area contributed by atoms with Crippen molar-refractivity contribution in [2.24, 2.45) is 0 Å². The maximum atomic E-state index is 5.63. The summed E-state index contributed by atoms with van der Waals surface area (Å²) in [6.45, 7) is 5.30. The molecular weight excluding hydrogens is 304 g/mol. The SMILES string of the molecule is S=C(c1ccc(N2Cc3ccccc3C2)cc1)N1CCOCC1. The molecule has 0 atom stereocenters. The van der Waals surface area contributed by atoms with Crippen LogP contribution >= 0.6 is 12.2 Å². The summed E-state index contributed by atoms with van der Waals surface area (Å²) in [5, 5.41) is 0. The molecule has 2 aliphatic heterocycles. The molecule has 0 N–H and O–H groups in total. The van der Waals surface area contributed by atoms with E-state index in [-0.39, 0.29) is 0 Å². The summed E-state index contributed by atoms with van der Waals surface area (Å²) in [5.41, 5.74) is 5.25. The molecule has 0 saturated carbocycles. The van der Waals surface area contributed by atoms with Crippen molar-refractivity contribution in [3.8, 4) is 0 Å². The lowest BCUT2D eigenvalue weighted by atomic mass is 10.1. The number of fused-ring (bicyclic) bond motifs is 1. The van der Waals surface area contributed by atoms with E-state index in [1.54, 1.807) is 0 Å². The zero-order valence-electron chi connectivity index (χ0n) is 13.1. The van der Waals surface area contributed by atoms with Crippen molar-refractivity contribution in [1.29, 1.82) is 0 Å². The van der Waals surface area contributed by atoms with Crippen LogP contribution in [0.25, 0.3) is 0 Å². The van der Waals surface area contributed by atoms with Gasteiger partial charge in [0.15, 0.2) is 0 Å². The van der Waals surface area contributed by atoms with Crippen LogP contribution in [0, 0.1) is 0 Å². The van der Waals surface area contributed by atoms with Gasteiger partial charge in [0.25, 0.3) is 0 Å². The summed E-state index contributed by atoms with van der Waals surface area (Å²) in [5.74, 6) is 0. The number of hydrogen-bond acceptors (Lipinski definition) is 3. The zero-order chi connectivity index (χ0) is 15.6. The van der Waals surface area contributed by atoms with Gasteiger partial charge in [0.2, 0.25) is 0 Å². The molecule has 0 amide bonds. The smallest absolute Gasteiger partial charge is 0.109 e. The van der Waals surface area contributed by atoms with Crippen LogP contribution in [0.2, 0.25) is 0 Å². The third-order valence-corrected chi connectivity index (χ3v) is 5.11. The molecule has 4 rings (SSSR count). The van der Waals surface area contributed by atoms with Gasteiger partial charge in [0, 0.05) is 37.4 Å². The van der Waals surface area contributed by atoms with Crippen molar-refractivity contribution in [3.05, 3.63) is 65.2 Å². The Balaban J connectivity index is 1.47. The first kappa shape index (κ1) is 14.7. The maximum absolute atomic E-state index is 5.63. The van der Waals surface area contributed by atoms with Crippen LogP contribution in [0.3, 0.4) is 0 Å². The number of benzene rings is 2.